The number of piperazine rings is 1. The Morgan fingerprint density at radius 1 is 1.29 bits per heavy atom. The van der Waals surface area contributed by atoms with Crippen molar-refractivity contribution in [2.24, 2.45) is 5.92 Å². The van der Waals surface area contributed by atoms with E-state index >= 15 is 0 Å². The highest BCUT2D eigenvalue weighted by Gasteiger charge is 2.32. The largest absolute Gasteiger partial charge is 0.303 e. The van der Waals surface area contributed by atoms with Crippen LogP contribution in [0.25, 0.3) is 0 Å². The van der Waals surface area contributed by atoms with E-state index in [1.807, 2.05) is 16.8 Å². The molecular weight excluding hydrogens is 186 g/mol. The fraction of sp³-hybridized carbons (Fsp3) is 1.00. The van der Waals surface area contributed by atoms with Gasteiger partial charge in [0, 0.05) is 26.2 Å². The van der Waals surface area contributed by atoms with Crippen molar-refractivity contribution in [3.05, 3.63) is 0 Å². The van der Waals surface area contributed by atoms with E-state index < -0.39 is 12.5 Å². The van der Waals surface area contributed by atoms with Gasteiger partial charge in [-0.25, -0.2) is 8.78 Å². The molecule has 1 aliphatic rings. The molecule has 0 radical (unpaired) electrons. The maximum Gasteiger partial charge on any atom is 0.255 e. The van der Waals surface area contributed by atoms with Crippen LogP contribution in [0.5, 0.6) is 0 Å². The Bertz CT molecular complexity index is 174. The summed E-state index contributed by atoms with van der Waals surface area (Å²) in [6.45, 7) is 7.08. The first-order valence-electron chi connectivity index (χ1n) is 5.21. The molecule has 1 aliphatic heterocycles. The van der Waals surface area contributed by atoms with Gasteiger partial charge in [0.15, 0.2) is 0 Å². The third kappa shape index (κ3) is 3.17. The van der Waals surface area contributed by atoms with Crippen LogP contribution < -0.4 is 0 Å². The second-order valence-corrected chi connectivity index (χ2v) is 4.55. The van der Waals surface area contributed by atoms with Gasteiger partial charge in [0.2, 0.25) is 0 Å². The minimum Gasteiger partial charge on any atom is -0.303 e. The lowest BCUT2D eigenvalue weighted by Gasteiger charge is -2.40. The predicted octanol–water partition coefficient (Wildman–Crippen LogP) is 1.52. The van der Waals surface area contributed by atoms with Gasteiger partial charge in [0.25, 0.3) is 6.43 Å². The van der Waals surface area contributed by atoms with E-state index in [0.29, 0.717) is 12.5 Å². The smallest absolute Gasteiger partial charge is 0.255 e. The molecule has 0 saturated carbocycles. The van der Waals surface area contributed by atoms with Crippen LogP contribution in [0.2, 0.25) is 0 Å². The van der Waals surface area contributed by atoms with Crippen LogP contribution in [-0.2, 0) is 0 Å². The van der Waals surface area contributed by atoms with Gasteiger partial charge in [-0.1, -0.05) is 13.8 Å². The lowest BCUT2D eigenvalue weighted by molar-refractivity contribution is -0.0222. The Balaban J connectivity index is 2.53. The van der Waals surface area contributed by atoms with Gasteiger partial charge in [-0.3, -0.25) is 4.90 Å². The molecular formula is C10H20F2N2. The van der Waals surface area contributed by atoms with Crippen molar-refractivity contribution in [1.82, 2.24) is 9.80 Å². The van der Waals surface area contributed by atoms with Crippen molar-refractivity contribution in [1.29, 1.82) is 0 Å². The van der Waals surface area contributed by atoms with Crippen molar-refractivity contribution in [2.45, 2.75) is 26.3 Å². The average Bonchev–Trinajstić information content (AvgIpc) is 2.07. The highest BCUT2D eigenvalue weighted by molar-refractivity contribution is 4.82. The molecule has 1 fully saturated rings. The van der Waals surface area contributed by atoms with Crippen LogP contribution in [0.3, 0.4) is 0 Å². The molecule has 0 N–H and O–H groups in total. The summed E-state index contributed by atoms with van der Waals surface area (Å²) in [5, 5.41) is 0. The first kappa shape index (κ1) is 11.9. The zero-order valence-corrected chi connectivity index (χ0v) is 9.21. The molecule has 0 aromatic carbocycles. The molecule has 1 rings (SSSR count). The summed E-state index contributed by atoms with van der Waals surface area (Å²) < 4.78 is 25.5. The van der Waals surface area contributed by atoms with E-state index in [1.165, 1.54) is 0 Å². The zero-order valence-electron chi connectivity index (χ0n) is 9.21. The Morgan fingerprint density at radius 2 is 1.93 bits per heavy atom. The minimum absolute atomic E-state index is 0.458. The van der Waals surface area contributed by atoms with E-state index in [9.17, 15) is 8.78 Å². The van der Waals surface area contributed by atoms with Crippen molar-refractivity contribution in [2.75, 3.05) is 33.2 Å². The molecule has 84 valence electrons. The number of alkyl halides is 2. The maximum atomic E-state index is 12.7. The summed E-state index contributed by atoms with van der Waals surface area (Å²) in [5.41, 5.74) is 0. The van der Waals surface area contributed by atoms with Crippen LogP contribution in [0.15, 0.2) is 0 Å². The van der Waals surface area contributed by atoms with Crippen LogP contribution >= 0.6 is 0 Å². The highest BCUT2D eigenvalue weighted by Crippen LogP contribution is 2.16. The first-order chi connectivity index (χ1) is 6.50. The van der Waals surface area contributed by atoms with Gasteiger partial charge in [-0.15, -0.1) is 0 Å². The van der Waals surface area contributed by atoms with E-state index in [0.717, 1.165) is 19.6 Å². The third-order valence-electron chi connectivity index (χ3n) is 2.63. The molecule has 0 aromatic heterocycles. The van der Waals surface area contributed by atoms with Crippen LogP contribution in [-0.4, -0.2) is 55.5 Å². The highest BCUT2D eigenvalue weighted by atomic mass is 19.3. The molecule has 1 unspecified atom stereocenters. The molecule has 1 saturated heterocycles. The van der Waals surface area contributed by atoms with Gasteiger partial charge in [0.05, 0.1) is 6.04 Å². The summed E-state index contributed by atoms with van der Waals surface area (Å²) in [7, 11) is 1.90. The van der Waals surface area contributed by atoms with Crippen LogP contribution in [0.4, 0.5) is 8.78 Å². The number of nitrogens with zero attached hydrogens (tertiary/aromatic N) is 2. The molecule has 0 spiro atoms. The Labute approximate surface area is 84.9 Å². The molecule has 0 aromatic rings. The molecule has 4 heteroatoms. The summed E-state index contributed by atoms with van der Waals surface area (Å²) >= 11 is 0. The molecule has 0 amide bonds. The summed E-state index contributed by atoms with van der Waals surface area (Å²) in [6, 6.07) is -0.573. The molecule has 0 bridgehead atoms. The van der Waals surface area contributed by atoms with E-state index in [-0.39, 0.29) is 0 Å². The molecule has 1 heterocycles. The topological polar surface area (TPSA) is 6.48 Å². The summed E-state index contributed by atoms with van der Waals surface area (Å²) in [5.74, 6) is 0.458. The van der Waals surface area contributed by atoms with Crippen LogP contribution in [0, 0.1) is 5.92 Å². The standard InChI is InChI=1S/C10H20F2N2/c1-8(2)6-14-5-4-13(3)7-9(14)10(11)12/h8-10H,4-7H2,1-3H3. The van der Waals surface area contributed by atoms with E-state index in [2.05, 4.69) is 13.8 Å². The van der Waals surface area contributed by atoms with E-state index in [4.69, 9.17) is 0 Å². The number of halogens is 2. The number of hydrogen-bond donors (Lipinski definition) is 0. The zero-order chi connectivity index (χ0) is 10.7. The molecule has 2 nitrogen and oxygen atoms in total. The van der Waals surface area contributed by atoms with Crippen molar-refractivity contribution in [3.63, 3.8) is 0 Å². The van der Waals surface area contributed by atoms with Crippen molar-refractivity contribution in [3.8, 4) is 0 Å². The lowest BCUT2D eigenvalue weighted by atomic mass is 10.1. The quantitative estimate of drug-likeness (QED) is 0.691. The number of likely N-dealkylation sites (N-methyl/N-ethyl adjacent to an activating group) is 1. The Morgan fingerprint density at radius 3 is 2.43 bits per heavy atom. The average molecular weight is 206 g/mol. The Kier molecular flexibility index (Phi) is 4.26. The number of rotatable bonds is 3. The first-order valence-corrected chi connectivity index (χ1v) is 5.21. The molecule has 14 heavy (non-hydrogen) atoms. The van der Waals surface area contributed by atoms with Crippen molar-refractivity contribution >= 4 is 0 Å². The van der Waals surface area contributed by atoms with Gasteiger partial charge >= 0.3 is 0 Å². The van der Waals surface area contributed by atoms with Gasteiger partial charge in [0.1, 0.15) is 0 Å². The fourth-order valence-electron chi connectivity index (χ4n) is 1.93. The van der Waals surface area contributed by atoms with Crippen LogP contribution in [0.1, 0.15) is 13.8 Å². The number of hydrogen-bond acceptors (Lipinski definition) is 2. The normalized spacial score (nSPS) is 26.4. The van der Waals surface area contributed by atoms with E-state index in [1.54, 1.807) is 0 Å². The lowest BCUT2D eigenvalue weighted by Crippen LogP contribution is -2.55. The van der Waals surface area contributed by atoms with Gasteiger partial charge in [-0.2, -0.15) is 0 Å². The van der Waals surface area contributed by atoms with Gasteiger partial charge in [-0.05, 0) is 13.0 Å². The Hall–Kier alpha value is -0.220. The third-order valence-corrected chi connectivity index (χ3v) is 2.63. The summed E-state index contributed by atoms with van der Waals surface area (Å²) in [6.07, 6.45) is -2.23. The molecule has 0 aliphatic carbocycles. The SMILES string of the molecule is CC(C)CN1CCN(C)CC1C(F)F. The molecule has 1 atom stereocenters. The maximum absolute atomic E-state index is 12.7. The second-order valence-electron chi connectivity index (χ2n) is 4.55. The minimum atomic E-state index is -2.23. The second kappa shape index (κ2) is 5.03. The van der Waals surface area contributed by atoms with Gasteiger partial charge < -0.3 is 4.90 Å². The van der Waals surface area contributed by atoms with Crippen molar-refractivity contribution < 1.29 is 8.78 Å². The summed E-state index contributed by atoms with van der Waals surface area (Å²) in [4.78, 5) is 3.91. The predicted molar refractivity (Wildman–Crippen MR) is 53.7 cm³/mol. The monoisotopic (exact) mass is 206 g/mol. The fourth-order valence-corrected chi connectivity index (χ4v) is 1.93.